The normalized spacial score (nSPS) is 12.4. The molecule has 4 rings (SSSR count). The highest BCUT2D eigenvalue weighted by atomic mass is 32.2. The van der Waals surface area contributed by atoms with Gasteiger partial charge in [-0.2, -0.15) is 0 Å². The molecule has 1 heterocycles. The Labute approximate surface area is 171 Å². The zero-order chi connectivity index (χ0) is 20.2. The monoisotopic (exact) mass is 405 g/mol. The van der Waals surface area contributed by atoms with Gasteiger partial charge >= 0.3 is 5.97 Å². The van der Waals surface area contributed by atoms with Crippen molar-refractivity contribution < 1.29 is 18.7 Å². The van der Waals surface area contributed by atoms with Crippen LogP contribution in [0.15, 0.2) is 88.7 Å². The molecular formula is C23H16FNO3S. The molecule has 0 saturated heterocycles. The molecule has 1 aliphatic heterocycles. The number of benzene rings is 3. The summed E-state index contributed by atoms with van der Waals surface area (Å²) < 4.78 is 18.1. The van der Waals surface area contributed by atoms with E-state index in [1.807, 2.05) is 48.5 Å². The van der Waals surface area contributed by atoms with Crippen LogP contribution in [0.3, 0.4) is 0 Å². The molecule has 0 aliphatic carbocycles. The molecule has 1 aliphatic rings. The number of ether oxygens (including phenoxy) is 1. The third-order valence-corrected chi connectivity index (χ3v) is 5.43. The summed E-state index contributed by atoms with van der Waals surface area (Å²) in [6.07, 6.45) is 2.73. The molecule has 0 radical (unpaired) electrons. The van der Waals surface area contributed by atoms with Crippen molar-refractivity contribution in [2.45, 2.75) is 9.79 Å². The van der Waals surface area contributed by atoms with Crippen molar-refractivity contribution in [2.24, 2.45) is 0 Å². The molecule has 0 bridgehead atoms. The lowest BCUT2D eigenvalue weighted by Crippen LogP contribution is -2.32. The zero-order valence-electron chi connectivity index (χ0n) is 15.2. The number of hydrogen-bond acceptors (Lipinski definition) is 4. The minimum absolute atomic E-state index is 0.339. The summed E-state index contributed by atoms with van der Waals surface area (Å²) >= 11 is 1.60. The van der Waals surface area contributed by atoms with Crippen LogP contribution in [0.4, 0.5) is 15.8 Å². The van der Waals surface area contributed by atoms with Crippen molar-refractivity contribution >= 4 is 41.1 Å². The van der Waals surface area contributed by atoms with Crippen molar-refractivity contribution in [3.63, 3.8) is 0 Å². The maximum atomic E-state index is 12.9. The molecule has 0 aromatic heterocycles. The van der Waals surface area contributed by atoms with Gasteiger partial charge in [0, 0.05) is 15.9 Å². The molecule has 0 atom stereocenters. The highest BCUT2D eigenvalue weighted by molar-refractivity contribution is 7.99. The summed E-state index contributed by atoms with van der Waals surface area (Å²) in [5.41, 5.74) is 2.18. The minimum Gasteiger partial charge on any atom is -0.452 e. The molecule has 0 saturated carbocycles. The lowest BCUT2D eigenvalue weighted by molar-refractivity contribution is -0.142. The Morgan fingerprint density at radius 1 is 0.897 bits per heavy atom. The number of nitrogens with zero attached hydrogens (tertiary/aromatic N) is 1. The van der Waals surface area contributed by atoms with Crippen molar-refractivity contribution in [2.75, 3.05) is 11.5 Å². The van der Waals surface area contributed by atoms with E-state index in [9.17, 15) is 14.0 Å². The van der Waals surface area contributed by atoms with Gasteiger partial charge in [0.05, 0.1) is 11.4 Å². The van der Waals surface area contributed by atoms with Crippen molar-refractivity contribution in [1.29, 1.82) is 0 Å². The molecule has 0 unspecified atom stereocenters. The van der Waals surface area contributed by atoms with Gasteiger partial charge in [-0.3, -0.25) is 9.69 Å². The molecule has 0 fully saturated rings. The van der Waals surface area contributed by atoms with E-state index in [1.54, 1.807) is 28.8 Å². The first kappa shape index (κ1) is 19.0. The summed E-state index contributed by atoms with van der Waals surface area (Å²) in [6, 6.07) is 20.9. The summed E-state index contributed by atoms with van der Waals surface area (Å²) in [4.78, 5) is 28.4. The summed E-state index contributed by atoms with van der Waals surface area (Å²) in [5.74, 6) is -1.33. The SMILES string of the molecule is O=C(C=Cc1ccc(F)cc1)OCC(=O)N1c2ccccc2Sc2ccccc21. The predicted molar refractivity (Wildman–Crippen MR) is 111 cm³/mol. The first-order chi connectivity index (χ1) is 14.1. The Bertz CT molecular complexity index is 1050. The summed E-state index contributed by atoms with van der Waals surface area (Å²) in [7, 11) is 0. The molecule has 0 spiro atoms. The van der Waals surface area contributed by atoms with E-state index >= 15 is 0 Å². The van der Waals surface area contributed by atoms with Crippen LogP contribution >= 0.6 is 11.8 Å². The van der Waals surface area contributed by atoms with Gasteiger partial charge in [0.15, 0.2) is 6.61 Å². The summed E-state index contributed by atoms with van der Waals surface area (Å²) in [5, 5.41) is 0. The molecule has 1 amide bonds. The van der Waals surface area contributed by atoms with Gasteiger partial charge in [-0.25, -0.2) is 9.18 Å². The Kier molecular flexibility index (Phi) is 5.44. The number of carbonyl (C=O) groups is 2. The van der Waals surface area contributed by atoms with Gasteiger partial charge in [0.1, 0.15) is 5.82 Å². The minimum atomic E-state index is -0.643. The standard InChI is InChI=1S/C23H16FNO3S/c24-17-12-9-16(10-13-17)11-14-23(27)28-15-22(26)25-18-5-1-3-7-20(18)29-21-8-4-2-6-19(21)25/h1-14H,15H2. The third kappa shape index (κ3) is 4.22. The van der Waals surface area contributed by atoms with E-state index in [4.69, 9.17) is 4.74 Å². The quantitative estimate of drug-likeness (QED) is 0.442. The second kappa shape index (κ2) is 8.32. The van der Waals surface area contributed by atoms with Gasteiger partial charge in [0.25, 0.3) is 5.91 Å². The van der Waals surface area contributed by atoms with Crippen LogP contribution in [-0.2, 0) is 14.3 Å². The van der Waals surface area contributed by atoms with Crippen LogP contribution in [-0.4, -0.2) is 18.5 Å². The molecule has 6 heteroatoms. The lowest BCUT2D eigenvalue weighted by Gasteiger charge is -2.30. The van der Waals surface area contributed by atoms with E-state index in [2.05, 4.69) is 0 Å². The van der Waals surface area contributed by atoms with E-state index in [0.29, 0.717) is 5.56 Å². The first-order valence-electron chi connectivity index (χ1n) is 8.91. The predicted octanol–water partition coefficient (Wildman–Crippen LogP) is 5.21. The van der Waals surface area contributed by atoms with E-state index in [1.165, 1.54) is 24.3 Å². The fourth-order valence-corrected chi connectivity index (χ4v) is 4.01. The van der Waals surface area contributed by atoms with Crippen LogP contribution in [0.5, 0.6) is 0 Å². The van der Waals surface area contributed by atoms with Gasteiger partial charge in [0.2, 0.25) is 0 Å². The maximum absolute atomic E-state index is 12.9. The third-order valence-electron chi connectivity index (χ3n) is 4.30. The number of esters is 1. The number of amides is 1. The topological polar surface area (TPSA) is 46.6 Å². The average Bonchev–Trinajstić information content (AvgIpc) is 2.75. The van der Waals surface area contributed by atoms with E-state index in [-0.39, 0.29) is 18.3 Å². The molecule has 3 aromatic carbocycles. The van der Waals surface area contributed by atoms with Crippen molar-refractivity contribution in [3.05, 3.63) is 90.3 Å². The number of rotatable bonds is 4. The second-order valence-electron chi connectivity index (χ2n) is 6.26. The summed E-state index contributed by atoms with van der Waals surface area (Å²) in [6.45, 7) is -0.389. The van der Waals surface area contributed by atoms with Gasteiger partial charge in [-0.1, -0.05) is 48.2 Å². The molecule has 3 aromatic rings. The fourth-order valence-electron chi connectivity index (χ4n) is 2.96. The van der Waals surface area contributed by atoms with Gasteiger partial charge in [-0.05, 0) is 48.0 Å². The number of carbonyl (C=O) groups excluding carboxylic acids is 2. The average molecular weight is 405 g/mol. The van der Waals surface area contributed by atoms with Crippen LogP contribution in [0.1, 0.15) is 5.56 Å². The van der Waals surface area contributed by atoms with Gasteiger partial charge in [-0.15, -0.1) is 0 Å². The molecule has 0 N–H and O–H groups in total. The fraction of sp³-hybridized carbons (Fsp3) is 0.0435. The zero-order valence-corrected chi connectivity index (χ0v) is 16.1. The number of fused-ring (bicyclic) bond motifs is 2. The molecule has 144 valence electrons. The Morgan fingerprint density at radius 2 is 1.48 bits per heavy atom. The maximum Gasteiger partial charge on any atom is 0.331 e. The Hall–Kier alpha value is -3.38. The first-order valence-corrected chi connectivity index (χ1v) is 9.73. The van der Waals surface area contributed by atoms with Crippen molar-refractivity contribution in [1.82, 2.24) is 0 Å². The Balaban J connectivity index is 1.47. The van der Waals surface area contributed by atoms with E-state index < -0.39 is 5.97 Å². The number of para-hydroxylation sites is 2. The van der Waals surface area contributed by atoms with Crippen molar-refractivity contribution in [3.8, 4) is 0 Å². The lowest BCUT2D eigenvalue weighted by atomic mass is 10.2. The molecule has 29 heavy (non-hydrogen) atoms. The number of hydrogen-bond donors (Lipinski definition) is 0. The number of halogens is 1. The smallest absolute Gasteiger partial charge is 0.331 e. The van der Waals surface area contributed by atoms with Crippen LogP contribution in [0.25, 0.3) is 6.08 Å². The van der Waals surface area contributed by atoms with Crippen LogP contribution < -0.4 is 4.90 Å². The Morgan fingerprint density at radius 3 is 2.10 bits per heavy atom. The van der Waals surface area contributed by atoms with Gasteiger partial charge < -0.3 is 4.74 Å². The number of anilines is 2. The highest BCUT2D eigenvalue weighted by Gasteiger charge is 2.28. The molecule has 4 nitrogen and oxygen atoms in total. The largest absolute Gasteiger partial charge is 0.452 e. The van der Waals surface area contributed by atoms with E-state index in [0.717, 1.165) is 21.2 Å². The molecular weight excluding hydrogens is 389 g/mol. The second-order valence-corrected chi connectivity index (χ2v) is 7.34. The van der Waals surface area contributed by atoms with Crippen LogP contribution in [0, 0.1) is 5.82 Å². The highest BCUT2D eigenvalue weighted by Crippen LogP contribution is 2.47. The van der Waals surface area contributed by atoms with Crippen LogP contribution in [0.2, 0.25) is 0 Å².